The Bertz CT molecular complexity index is 289. The van der Waals surface area contributed by atoms with Crippen LogP contribution in [0.4, 0.5) is 22.0 Å². The first-order valence-corrected chi connectivity index (χ1v) is 3.29. The summed E-state index contributed by atoms with van der Waals surface area (Å²) >= 11 is 0. The Morgan fingerprint density at radius 3 is 2.23 bits per heavy atom. The zero-order chi connectivity index (χ0) is 10.1. The lowest BCUT2D eigenvalue weighted by Crippen LogP contribution is -2.09. The molecule has 1 aromatic rings. The molecule has 0 nitrogen and oxygen atoms in total. The van der Waals surface area contributed by atoms with Crippen LogP contribution < -0.4 is 0 Å². The lowest BCUT2D eigenvalue weighted by Gasteiger charge is -2.10. The lowest BCUT2D eigenvalue weighted by atomic mass is 10.1. The molecule has 0 spiro atoms. The Morgan fingerprint density at radius 1 is 1.23 bits per heavy atom. The van der Waals surface area contributed by atoms with E-state index in [-0.39, 0.29) is 0 Å². The van der Waals surface area contributed by atoms with E-state index in [0.717, 1.165) is 18.2 Å². The van der Waals surface area contributed by atoms with Crippen molar-refractivity contribution in [1.29, 1.82) is 0 Å². The molecule has 0 aliphatic carbocycles. The summed E-state index contributed by atoms with van der Waals surface area (Å²) in [5, 5.41) is 0. The van der Waals surface area contributed by atoms with Crippen LogP contribution in [-0.2, 0) is 6.18 Å². The van der Waals surface area contributed by atoms with Crippen LogP contribution in [0.15, 0.2) is 18.2 Å². The molecule has 13 heavy (non-hydrogen) atoms. The molecular weight excluding hydrogens is 191 g/mol. The molecule has 0 amide bonds. The molecule has 0 heterocycles. The highest BCUT2D eigenvalue weighted by molar-refractivity contribution is 5.29. The average Bonchev–Trinajstić information content (AvgIpc) is 2.03. The molecule has 1 radical (unpaired) electrons. The van der Waals surface area contributed by atoms with Crippen LogP contribution in [0.2, 0.25) is 0 Å². The van der Waals surface area contributed by atoms with Crippen molar-refractivity contribution in [1.82, 2.24) is 0 Å². The van der Waals surface area contributed by atoms with Crippen LogP contribution in [0.3, 0.4) is 0 Å². The van der Waals surface area contributed by atoms with Crippen molar-refractivity contribution in [2.45, 2.75) is 12.6 Å². The summed E-state index contributed by atoms with van der Waals surface area (Å²) in [7, 11) is 0. The van der Waals surface area contributed by atoms with Gasteiger partial charge in [-0.25, -0.2) is 8.78 Å². The Balaban J connectivity index is 3.20. The number of hydrogen-bond donors (Lipinski definition) is 0. The molecule has 0 atom stereocenters. The van der Waals surface area contributed by atoms with E-state index in [0.29, 0.717) is 0 Å². The maximum atomic E-state index is 12.0. The fraction of sp³-hybridized carbons (Fsp3) is 0.250. The molecule has 0 N–H and O–H groups in total. The molecule has 0 aromatic heterocycles. The van der Waals surface area contributed by atoms with E-state index >= 15 is 0 Å². The van der Waals surface area contributed by atoms with Crippen molar-refractivity contribution < 1.29 is 22.0 Å². The van der Waals surface area contributed by atoms with E-state index < -0.39 is 23.7 Å². The average molecular weight is 195 g/mol. The van der Waals surface area contributed by atoms with Gasteiger partial charge in [0.25, 0.3) is 6.43 Å². The fourth-order valence-corrected chi connectivity index (χ4v) is 0.877. The summed E-state index contributed by atoms with van der Waals surface area (Å²) < 4.78 is 60.2. The van der Waals surface area contributed by atoms with E-state index in [1.54, 1.807) is 6.07 Å². The Hall–Kier alpha value is -1.13. The molecule has 0 fully saturated rings. The van der Waals surface area contributed by atoms with Crippen LogP contribution in [0.1, 0.15) is 17.6 Å². The molecule has 71 valence electrons. The minimum atomic E-state index is -4.77. The maximum absolute atomic E-state index is 12.0. The highest BCUT2D eigenvalue weighted by Gasteiger charge is 2.35. The van der Waals surface area contributed by atoms with Crippen molar-refractivity contribution in [3.05, 3.63) is 35.4 Å². The smallest absolute Gasteiger partial charge is 0.205 e. The molecule has 0 unspecified atom stereocenters. The van der Waals surface area contributed by atoms with Gasteiger partial charge in [-0.3, -0.25) is 0 Å². The Labute approximate surface area is 71.0 Å². The van der Waals surface area contributed by atoms with E-state index in [4.69, 9.17) is 0 Å². The molecule has 0 bridgehead atoms. The van der Waals surface area contributed by atoms with Crippen molar-refractivity contribution >= 4 is 0 Å². The number of benzene rings is 1. The highest BCUT2D eigenvalue weighted by Crippen LogP contribution is 2.35. The second kappa shape index (κ2) is 3.32. The van der Waals surface area contributed by atoms with Crippen LogP contribution in [0.25, 0.3) is 0 Å². The number of rotatable bonds is 1. The van der Waals surface area contributed by atoms with E-state index in [2.05, 4.69) is 0 Å². The standard InChI is InChI=1S/C8H4F5/c9-7(10)5-3-1-2-4-6(5)8(11,12)13/h1-3,7H. The number of halogens is 5. The van der Waals surface area contributed by atoms with Gasteiger partial charge in [0.2, 0.25) is 0 Å². The first-order chi connectivity index (χ1) is 5.93. The van der Waals surface area contributed by atoms with Crippen LogP contribution in [0.5, 0.6) is 0 Å². The highest BCUT2D eigenvalue weighted by atomic mass is 19.4. The molecule has 0 saturated heterocycles. The van der Waals surface area contributed by atoms with Gasteiger partial charge in [-0.15, -0.1) is 0 Å². The van der Waals surface area contributed by atoms with Gasteiger partial charge in [0.1, 0.15) is 0 Å². The predicted molar refractivity (Wildman–Crippen MR) is 35.2 cm³/mol. The van der Waals surface area contributed by atoms with Gasteiger partial charge in [-0.2, -0.15) is 13.2 Å². The minimum Gasteiger partial charge on any atom is -0.205 e. The van der Waals surface area contributed by atoms with Crippen molar-refractivity contribution in [3.8, 4) is 0 Å². The summed E-state index contributed by atoms with van der Waals surface area (Å²) in [5.41, 5.74) is -2.43. The monoisotopic (exact) mass is 195 g/mol. The summed E-state index contributed by atoms with van der Waals surface area (Å²) in [5.74, 6) is 0. The molecule has 1 aromatic carbocycles. The van der Waals surface area contributed by atoms with Gasteiger partial charge in [-0.1, -0.05) is 18.2 Å². The van der Waals surface area contributed by atoms with Gasteiger partial charge >= 0.3 is 6.18 Å². The van der Waals surface area contributed by atoms with Crippen molar-refractivity contribution in [2.24, 2.45) is 0 Å². The number of hydrogen-bond acceptors (Lipinski definition) is 0. The molecule has 1 rings (SSSR count). The first kappa shape index (κ1) is 9.95. The topological polar surface area (TPSA) is 0 Å². The summed E-state index contributed by atoms with van der Waals surface area (Å²) in [4.78, 5) is 0. The maximum Gasteiger partial charge on any atom is 0.417 e. The Kier molecular flexibility index (Phi) is 2.54. The summed E-state index contributed by atoms with van der Waals surface area (Å²) in [6.07, 6.45) is -7.90. The molecule has 0 aliphatic heterocycles. The fourth-order valence-electron chi connectivity index (χ4n) is 0.877. The lowest BCUT2D eigenvalue weighted by molar-refractivity contribution is -0.139. The third kappa shape index (κ3) is 2.17. The second-order valence-electron chi connectivity index (χ2n) is 2.30. The third-order valence-corrected chi connectivity index (χ3v) is 1.41. The quantitative estimate of drug-likeness (QED) is 0.602. The predicted octanol–water partition coefficient (Wildman–Crippen LogP) is 3.44. The van der Waals surface area contributed by atoms with Gasteiger partial charge in [-0.05, 0) is 6.07 Å². The van der Waals surface area contributed by atoms with Gasteiger partial charge in [0.05, 0.1) is 5.56 Å². The van der Waals surface area contributed by atoms with E-state index in [9.17, 15) is 22.0 Å². The van der Waals surface area contributed by atoms with Crippen molar-refractivity contribution in [2.75, 3.05) is 0 Å². The van der Waals surface area contributed by atoms with Gasteiger partial charge in [0, 0.05) is 5.56 Å². The third-order valence-electron chi connectivity index (χ3n) is 1.41. The van der Waals surface area contributed by atoms with Crippen molar-refractivity contribution in [3.63, 3.8) is 0 Å². The minimum absolute atomic E-state index is 0.740. The van der Waals surface area contributed by atoms with E-state index in [1.165, 1.54) is 0 Å². The largest absolute Gasteiger partial charge is 0.417 e. The van der Waals surface area contributed by atoms with Gasteiger partial charge < -0.3 is 0 Å². The summed E-state index contributed by atoms with van der Waals surface area (Å²) in [6.45, 7) is 0. The van der Waals surface area contributed by atoms with Crippen LogP contribution in [0, 0.1) is 6.07 Å². The molecule has 0 saturated carbocycles. The molecular formula is C8H4F5. The normalized spacial score (nSPS) is 12.2. The van der Waals surface area contributed by atoms with Gasteiger partial charge in [0.15, 0.2) is 0 Å². The SMILES string of the molecule is FC(F)c1ccc[c]c1C(F)(F)F. The molecule has 0 aliphatic rings. The van der Waals surface area contributed by atoms with E-state index in [1.807, 2.05) is 0 Å². The van der Waals surface area contributed by atoms with Crippen LogP contribution in [-0.4, -0.2) is 0 Å². The summed E-state index contributed by atoms with van der Waals surface area (Å²) in [6, 6.07) is 4.54. The van der Waals surface area contributed by atoms with Crippen LogP contribution >= 0.6 is 0 Å². The second-order valence-corrected chi connectivity index (χ2v) is 2.30. The number of alkyl halides is 5. The zero-order valence-corrected chi connectivity index (χ0v) is 6.20. The zero-order valence-electron chi connectivity index (χ0n) is 6.20. The molecule has 5 heteroatoms. The first-order valence-electron chi connectivity index (χ1n) is 3.29. The Morgan fingerprint density at radius 2 is 1.85 bits per heavy atom.